The maximum atomic E-state index is 12.5. The van der Waals surface area contributed by atoms with Gasteiger partial charge in [-0.05, 0) is 108 Å². The highest BCUT2D eigenvalue weighted by molar-refractivity contribution is 6.06. The Morgan fingerprint density at radius 3 is 2.45 bits per heavy atom. The first-order valence-electron chi connectivity index (χ1n) is 13.1. The maximum absolute atomic E-state index is 12.5. The van der Waals surface area contributed by atoms with Crippen LogP contribution in [0.3, 0.4) is 0 Å². The second-order valence-corrected chi connectivity index (χ2v) is 13.2. The number of nitrogens with one attached hydrogen (secondary N) is 1. The number of aromatic amines is 1. The lowest BCUT2D eigenvalue weighted by molar-refractivity contribution is -0.129. The summed E-state index contributed by atoms with van der Waals surface area (Å²) in [5, 5.41) is 10.8. The van der Waals surface area contributed by atoms with E-state index >= 15 is 0 Å². The Morgan fingerprint density at radius 1 is 1.06 bits per heavy atom. The summed E-state index contributed by atoms with van der Waals surface area (Å²) in [5.74, 6) is 1.68. The zero-order valence-corrected chi connectivity index (χ0v) is 21.6. The molecule has 7 atom stereocenters. The third-order valence-corrected chi connectivity index (χ3v) is 11.5. The van der Waals surface area contributed by atoms with Crippen LogP contribution in [0.15, 0.2) is 36.1 Å². The molecule has 3 fully saturated rings. The lowest BCUT2D eigenvalue weighted by Crippen LogP contribution is -2.57. The minimum absolute atomic E-state index is 0.0203. The molecule has 4 aliphatic rings. The topological polar surface area (TPSA) is 53.1 Å². The van der Waals surface area contributed by atoms with E-state index < -0.39 is 0 Å². The number of carbonyl (C=O) groups excluding carboxylic acids is 1. The fourth-order valence-electron chi connectivity index (χ4n) is 9.20. The van der Waals surface area contributed by atoms with Gasteiger partial charge in [-0.3, -0.25) is 4.79 Å². The Bertz CT molecular complexity index is 1030. The van der Waals surface area contributed by atoms with E-state index in [0.29, 0.717) is 29.0 Å². The van der Waals surface area contributed by atoms with E-state index in [1.54, 1.807) is 12.5 Å². The molecule has 33 heavy (non-hydrogen) atoms. The van der Waals surface area contributed by atoms with E-state index in [1.807, 2.05) is 0 Å². The number of carbonyl (C=O) groups is 1. The summed E-state index contributed by atoms with van der Waals surface area (Å²) < 4.78 is 0. The minimum atomic E-state index is -0.185. The summed E-state index contributed by atoms with van der Waals surface area (Å²) in [7, 11) is 0. The van der Waals surface area contributed by atoms with Crippen LogP contribution in [-0.2, 0) is 0 Å². The number of hydrogen-bond donors (Lipinski definition) is 2. The van der Waals surface area contributed by atoms with E-state index in [4.69, 9.17) is 0 Å². The number of aliphatic hydroxyl groups excluding tert-OH is 1. The molecular weight excluding hydrogens is 406 g/mol. The first kappa shape index (κ1) is 23.1. The highest BCUT2D eigenvalue weighted by Crippen LogP contribution is 2.73. The van der Waals surface area contributed by atoms with Crippen molar-refractivity contribution in [2.24, 2.45) is 33.5 Å². The SMILES string of the molecule is C=C(C)C(=O)c1cc(C2CCC3(C)C4=CCC5C(C)(C)C(O)CCC5(C)C4CCC23C)c[nH]1. The lowest BCUT2D eigenvalue weighted by Gasteiger charge is -2.64. The molecule has 0 amide bonds. The fourth-order valence-corrected chi connectivity index (χ4v) is 9.20. The van der Waals surface area contributed by atoms with Gasteiger partial charge < -0.3 is 10.1 Å². The third kappa shape index (κ3) is 2.93. The third-order valence-electron chi connectivity index (χ3n) is 11.5. The first-order valence-corrected chi connectivity index (χ1v) is 13.1. The van der Waals surface area contributed by atoms with Crippen molar-refractivity contribution in [3.63, 3.8) is 0 Å². The van der Waals surface area contributed by atoms with Crippen molar-refractivity contribution in [2.75, 3.05) is 0 Å². The van der Waals surface area contributed by atoms with Gasteiger partial charge >= 0.3 is 0 Å². The molecule has 0 aliphatic heterocycles. The van der Waals surface area contributed by atoms with Crippen LogP contribution in [0.2, 0.25) is 0 Å². The molecule has 0 spiro atoms. The van der Waals surface area contributed by atoms with Crippen LogP contribution in [0.5, 0.6) is 0 Å². The number of aliphatic hydroxyl groups is 1. The molecule has 0 aromatic carbocycles. The zero-order chi connectivity index (χ0) is 24.0. The highest BCUT2D eigenvalue weighted by atomic mass is 16.3. The van der Waals surface area contributed by atoms with Crippen LogP contribution >= 0.6 is 0 Å². The number of allylic oxidation sites excluding steroid dienone is 3. The van der Waals surface area contributed by atoms with Crippen molar-refractivity contribution in [3.8, 4) is 0 Å². The molecule has 5 rings (SSSR count). The number of rotatable bonds is 3. The van der Waals surface area contributed by atoms with Crippen LogP contribution in [0, 0.1) is 33.5 Å². The molecule has 3 nitrogen and oxygen atoms in total. The minimum Gasteiger partial charge on any atom is -0.393 e. The Morgan fingerprint density at radius 2 is 1.76 bits per heavy atom. The van der Waals surface area contributed by atoms with Crippen molar-refractivity contribution in [2.45, 2.75) is 98.5 Å². The van der Waals surface area contributed by atoms with Gasteiger partial charge in [-0.15, -0.1) is 0 Å². The van der Waals surface area contributed by atoms with Gasteiger partial charge in [-0.25, -0.2) is 0 Å². The number of hydrogen-bond acceptors (Lipinski definition) is 2. The van der Waals surface area contributed by atoms with Gasteiger partial charge in [0.15, 0.2) is 0 Å². The standard InChI is InChI=1S/C30H43NO2/c1-18(2)26(33)23-16-19(17-31-23)20-10-14-30(7)22-8-9-24-27(3,4)25(32)12-13-28(24,5)21(22)11-15-29(20,30)6/h8,16-17,20-21,24-25,31-32H,1,9-15H2,2-7H3. The van der Waals surface area contributed by atoms with Crippen LogP contribution < -0.4 is 0 Å². The molecule has 1 heterocycles. The van der Waals surface area contributed by atoms with Crippen molar-refractivity contribution >= 4 is 5.78 Å². The zero-order valence-electron chi connectivity index (χ0n) is 21.6. The molecule has 7 unspecified atom stereocenters. The van der Waals surface area contributed by atoms with E-state index in [-0.39, 0.29) is 33.5 Å². The molecule has 1 aromatic heterocycles. The van der Waals surface area contributed by atoms with E-state index in [0.717, 1.165) is 19.3 Å². The number of Topliss-reactive ketones (excluding diaryl/α,β-unsaturated/α-hetero) is 1. The molecule has 3 heteroatoms. The van der Waals surface area contributed by atoms with Gasteiger partial charge in [-0.1, -0.05) is 52.8 Å². The van der Waals surface area contributed by atoms with Crippen molar-refractivity contribution in [1.82, 2.24) is 4.98 Å². The summed E-state index contributed by atoms with van der Waals surface area (Å²) in [6, 6.07) is 2.10. The van der Waals surface area contributed by atoms with Crippen LogP contribution in [0.1, 0.15) is 108 Å². The maximum Gasteiger partial charge on any atom is 0.204 e. The van der Waals surface area contributed by atoms with Gasteiger partial charge in [0, 0.05) is 6.20 Å². The Labute approximate surface area is 200 Å². The summed E-state index contributed by atoms with van der Waals surface area (Å²) in [5.41, 5.74) is 4.95. The summed E-state index contributed by atoms with van der Waals surface area (Å²) in [4.78, 5) is 15.7. The van der Waals surface area contributed by atoms with Crippen LogP contribution in [0.4, 0.5) is 0 Å². The summed E-state index contributed by atoms with van der Waals surface area (Å²) in [6.07, 6.45) is 12.6. The number of ketones is 1. The van der Waals surface area contributed by atoms with Gasteiger partial charge in [0.25, 0.3) is 0 Å². The van der Waals surface area contributed by atoms with E-state index in [1.165, 1.54) is 31.2 Å². The Hall–Kier alpha value is -1.61. The fraction of sp³-hybridized carbons (Fsp3) is 0.700. The smallest absolute Gasteiger partial charge is 0.204 e. The summed E-state index contributed by atoms with van der Waals surface area (Å²) >= 11 is 0. The number of aromatic nitrogens is 1. The predicted molar refractivity (Wildman–Crippen MR) is 134 cm³/mol. The molecule has 4 aliphatic carbocycles. The normalized spacial score (nSPS) is 43.8. The van der Waals surface area contributed by atoms with Crippen molar-refractivity contribution < 1.29 is 9.90 Å². The molecule has 3 saturated carbocycles. The van der Waals surface area contributed by atoms with Crippen LogP contribution in [0.25, 0.3) is 0 Å². The number of H-pyrrole nitrogens is 1. The molecular formula is C30H43NO2. The summed E-state index contributed by atoms with van der Waals surface area (Å²) in [6.45, 7) is 17.8. The average molecular weight is 450 g/mol. The second kappa shape index (κ2) is 7.20. The quantitative estimate of drug-likeness (QED) is 0.291. The predicted octanol–water partition coefficient (Wildman–Crippen LogP) is 7.21. The van der Waals surface area contributed by atoms with Gasteiger partial charge in [0.2, 0.25) is 5.78 Å². The van der Waals surface area contributed by atoms with E-state index in [9.17, 15) is 9.90 Å². The molecule has 0 bridgehead atoms. The van der Waals surface area contributed by atoms with Crippen molar-refractivity contribution in [3.05, 3.63) is 47.3 Å². The Kier molecular flexibility index (Phi) is 5.05. The lowest BCUT2D eigenvalue weighted by atomic mass is 9.41. The molecule has 1 aromatic rings. The largest absolute Gasteiger partial charge is 0.393 e. The highest BCUT2D eigenvalue weighted by Gasteiger charge is 2.65. The number of fused-ring (bicyclic) bond motifs is 5. The average Bonchev–Trinajstić information content (AvgIpc) is 3.33. The second-order valence-electron chi connectivity index (χ2n) is 13.2. The molecule has 0 radical (unpaired) electrons. The molecule has 0 saturated heterocycles. The van der Waals surface area contributed by atoms with Crippen LogP contribution in [-0.4, -0.2) is 22.0 Å². The Balaban J connectivity index is 1.50. The first-order chi connectivity index (χ1) is 15.4. The van der Waals surface area contributed by atoms with Gasteiger partial charge in [0.05, 0.1) is 11.8 Å². The van der Waals surface area contributed by atoms with Crippen molar-refractivity contribution in [1.29, 1.82) is 0 Å². The monoisotopic (exact) mass is 449 g/mol. The molecule has 2 N–H and O–H groups in total. The van der Waals surface area contributed by atoms with E-state index in [2.05, 4.69) is 64.5 Å². The molecule has 180 valence electrons. The van der Waals surface area contributed by atoms with Gasteiger partial charge in [0.1, 0.15) is 0 Å². The van der Waals surface area contributed by atoms with Gasteiger partial charge in [-0.2, -0.15) is 0 Å².